The number of benzene rings is 1. The minimum atomic E-state index is -1.14. The third kappa shape index (κ3) is 2.41. The number of carboxylic acid groups (broad SMARTS) is 1. The number of nitrogens with zero attached hydrogens (tertiary/aromatic N) is 2. The number of hydrogen-bond donors (Lipinski definition) is 1. The highest BCUT2D eigenvalue weighted by Crippen LogP contribution is 2.65. The molecule has 0 unspecified atom stereocenters. The topological polar surface area (TPSA) is 123 Å². The van der Waals surface area contributed by atoms with Crippen molar-refractivity contribution in [2.45, 2.75) is 42.9 Å². The quantitative estimate of drug-likeness (QED) is 0.638. The monoisotopic (exact) mass is 456 g/mol. The van der Waals surface area contributed by atoms with Crippen LogP contribution in [0.3, 0.4) is 0 Å². The van der Waals surface area contributed by atoms with Gasteiger partial charge in [-0.15, -0.1) is 0 Å². The zero-order chi connectivity index (χ0) is 23.2. The summed E-state index contributed by atoms with van der Waals surface area (Å²) in [6.45, 7) is -0.0484. The van der Waals surface area contributed by atoms with Crippen LogP contribution in [0.15, 0.2) is 12.1 Å². The maximum Gasteiger partial charge on any atom is 0.329 e. The van der Waals surface area contributed by atoms with Crippen molar-refractivity contribution in [1.82, 2.24) is 4.90 Å². The van der Waals surface area contributed by atoms with Crippen molar-refractivity contribution in [3.63, 3.8) is 0 Å². The summed E-state index contributed by atoms with van der Waals surface area (Å²) in [5.41, 5.74) is 1.04. The van der Waals surface area contributed by atoms with Crippen LogP contribution in [0.1, 0.15) is 30.7 Å². The summed E-state index contributed by atoms with van der Waals surface area (Å²) in [6, 6.07) is 3.25. The van der Waals surface area contributed by atoms with Gasteiger partial charge >= 0.3 is 5.97 Å². The number of rotatable bonds is 5. The van der Waals surface area contributed by atoms with Crippen LogP contribution in [0.2, 0.25) is 0 Å². The number of aliphatic carboxylic acids is 1. The number of amides is 2. The second-order valence-corrected chi connectivity index (χ2v) is 9.51. The lowest BCUT2D eigenvalue weighted by atomic mass is 9.51. The molecule has 1 aromatic carbocycles. The first kappa shape index (κ1) is 20.5. The van der Waals surface area contributed by atoms with E-state index in [1.807, 2.05) is 6.07 Å². The van der Waals surface area contributed by atoms with Crippen LogP contribution in [0, 0.1) is 11.8 Å². The molecule has 0 radical (unpaired) electrons. The summed E-state index contributed by atoms with van der Waals surface area (Å²) in [5.74, 6) is -2.56. The van der Waals surface area contributed by atoms with Crippen LogP contribution in [0.25, 0.3) is 0 Å². The largest absolute Gasteiger partial charge is 0.493 e. The van der Waals surface area contributed by atoms with E-state index in [0.29, 0.717) is 30.2 Å². The number of anilines is 1. The fourth-order valence-electron chi connectivity index (χ4n) is 7.16. The average Bonchev–Trinajstić information content (AvgIpc) is 3.12. The Bertz CT molecular complexity index is 1120. The van der Waals surface area contributed by atoms with Gasteiger partial charge in [-0.1, -0.05) is 0 Å². The van der Waals surface area contributed by atoms with Gasteiger partial charge in [0.2, 0.25) is 11.7 Å². The molecule has 33 heavy (non-hydrogen) atoms. The summed E-state index contributed by atoms with van der Waals surface area (Å²) in [5, 5.41) is 9.16. The van der Waals surface area contributed by atoms with E-state index in [1.165, 1.54) is 7.11 Å². The van der Waals surface area contributed by atoms with Gasteiger partial charge < -0.3 is 29.1 Å². The lowest BCUT2D eigenvalue weighted by Gasteiger charge is -2.66. The predicted molar refractivity (Wildman–Crippen MR) is 111 cm³/mol. The highest BCUT2D eigenvalue weighted by molar-refractivity contribution is 6.38. The maximum absolute atomic E-state index is 13.4. The molecule has 1 saturated carbocycles. The zero-order valence-corrected chi connectivity index (χ0v) is 18.3. The van der Waals surface area contributed by atoms with Gasteiger partial charge in [-0.05, 0) is 24.5 Å². The summed E-state index contributed by atoms with van der Waals surface area (Å²) in [4.78, 5) is 54.2. The number of piperidine rings is 2. The lowest BCUT2D eigenvalue weighted by molar-refractivity contribution is -0.188. The van der Waals surface area contributed by atoms with Gasteiger partial charge in [0.25, 0.3) is 5.91 Å². The number of carbonyl (C=O) groups excluding carboxylic acids is 3. The van der Waals surface area contributed by atoms with Gasteiger partial charge in [0, 0.05) is 30.4 Å². The number of fused-ring (bicyclic) bond motifs is 5. The van der Waals surface area contributed by atoms with Crippen molar-refractivity contribution in [1.29, 1.82) is 0 Å². The Labute approximate surface area is 189 Å². The SMILES string of the molecule is COc1cc2c(cc1OC)N1C(=O)C[C@H](OCC(=O)O)[C@H]3[C@@H]1[C@H]2[C@@]12CCN1C(=O)C(=O)[C@@H]3C2. The van der Waals surface area contributed by atoms with E-state index in [1.54, 1.807) is 23.0 Å². The van der Waals surface area contributed by atoms with Crippen LogP contribution in [0.5, 0.6) is 11.5 Å². The second kappa shape index (κ2) is 6.69. The Kier molecular flexibility index (Phi) is 4.15. The van der Waals surface area contributed by atoms with Gasteiger partial charge in [0.15, 0.2) is 11.5 Å². The van der Waals surface area contributed by atoms with Crippen molar-refractivity contribution in [3.05, 3.63) is 17.7 Å². The van der Waals surface area contributed by atoms with Crippen molar-refractivity contribution in [2.24, 2.45) is 11.8 Å². The molecular formula is C23H24N2O8. The molecule has 10 heteroatoms. The molecule has 4 fully saturated rings. The van der Waals surface area contributed by atoms with E-state index in [9.17, 15) is 19.2 Å². The molecule has 10 nitrogen and oxygen atoms in total. The van der Waals surface area contributed by atoms with Crippen molar-refractivity contribution in [2.75, 3.05) is 32.3 Å². The number of ether oxygens (including phenoxy) is 3. The predicted octanol–water partition coefficient (Wildman–Crippen LogP) is 0.566. The number of ketones is 1. The zero-order valence-electron chi connectivity index (χ0n) is 18.3. The Hall–Kier alpha value is -3.14. The maximum atomic E-state index is 13.4. The first-order valence-electron chi connectivity index (χ1n) is 11.1. The molecule has 0 aromatic heterocycles. The molecule has 2 bridgehead atoms. The fraction of sp³-hybridized carbons (Fsp3) is 0.565. The highest BCUT2D eigenvalue weighted by Gasteiger charge is 2.72. The number of carbonyl (C=O) groups is 4. The van der Waals surface area contributed by atoms with Crippen molar-refractivity contribution >= 4 is 29.3 Å². The molecule has 1 N–H and O–H groups in total. The first-order valence-corrected chi connectivity index (χ1v) is 11.1. The fourth-order valence-corrected chi connectivity index (χ4v) is 7.16. The Balaban J connectivity index is 1.55. The standard InChI is InChI=1S/C23H24N2O8/c1-31-13-5-10-12(6-14(13)32-2)25-16(26)7-15(33-9-17(27)28)18-11-8-23(19(10)20(18)25)3-4-24(23)22(30)21(11)29/h5-6,11,15,18-20H,3-4,7-9H2,1-2H3,(H,27,28)/t11-,15+,18+,19+,20-,23+/m1/s1. The molecule has 2 amide bonds. The van der Waals surface area contributed by atoms with E-state index in [-0.39, 0.29) is 18.2 Å². The molecule has 1 aliphatic carbocycles. The molecule has 6 rings (SSSR count). The Morgan fingerprint density at radius 2 is 1.91 bits per heavy atom. The summed E-state index contributed by atoms with van der Waals surface area (Å²) in [6.07, 6.45) is 0.434. The van der Waals surface area contributed by atoms with Gasteiger partial charge in [0.1, 0.15) is 6.61 Å². The molecule has 174 valence electrons. The van der Waals surface area contributed by atoms with Crippen molar-refractivity contribution in [3.8, 4) is 11.5 Å². The van der Waals surface area contributed by atoms with E-state index < -0.39 is 53.8 Å². The minimum Gasteiger partial charge on any atom is -0.493 e. The number of Topliss-reactive ketones (excluding diaryl/α,β-unsaturated/α-hetero) is 1. The Morgan fingerprint density at radius 3 is 2.55 bits per heavy atom. The highest BCUT2D eigenvalue weighted by atomic mass is 16.5. The van der Waals surface area contributed by atoms with Gasteiger partial charge in [-0.3, -0.25) is 14.4 Å². The van der Waals surface area contributed by atoms with E-state index in [0.717, 1.165) is 12.0 Å². The normalized spacial score (nSPS) is 35.5. The number of hydrogen-bond acceptors (Lipinski definition) is 7. The molecule has 1 spiro atoms. The average molecular weight is 456 g/mol. The number of carboxylic acids is 1. The minimum absolute atomic E-state index is 0.0519. The molecule has 4 heterocycles. The Morgan fingerprint density at radius 1 is 1.18 bits per heavy atom. The van der Waals surface area contributed by atoms with Gasteiger partial charge in [-0.2, -0.15) is 0 Å². The second-order valence-electron chi connectivity index (χ2n) is 9.51. The molecule has 4 aliphatic heterocycles. The third-order valence-corrected chi connectivity index (χ3v) is 8.37. The lowest BCUT2D eigenvalue weighted by Crippen LogP contribution is -2.78. The summed E-state index contributed by atoms with van der Waals surface area (Å²) >= 11 is 0. The van der Waals surface area contributed by atoms with Crippen molar-refractivity contribution < 1.29 is 38.5 Å². The molecule has 3 saturated heterocycles. The summed E-state index contributed by atoms with van der Waals surface area (Å²) in [7, 11) is 3.07. The third-order valence-electron chi connectivity index (χ3n) is 8.37. The molecule has 6 atom stereocenters. The van der Waals surface area contributed by atoms with Gasteiger partial charge in [0.05, 0.1) is 44.0 Å². The van der Waals surface area contributed by atoms with Crippen LogP contribution in [-0.4, -0.2) is 78.6 Å². The number of methoxy groups -OCH3 is 2. The van der Waals surface area contributed by atoms with E-state index in [2.05, 4.69) is 0 Å². The van der Waals surface area contributed by atoms with E-state index in [4.69, 9.17) is 19.3 Å². The first-order chi connectivity index (χ1) is 15.8. The van der Waals surface area contributed by atoms with Crippen LogP contribution in [0.4, 0.5) is 5.69 Å². The van der Waals surface area contributed by atoms with Gasteiger partial charge in [-0.25, -0.2) is 4.79 Å². The summed E-state index contributed by atoms with van der Waals surface area (Å²) < 4.78 is 16.7. The van der Waals surface area contributed by atoms with Crippen LogP contribution in [-0.2, 0) is 23.9 Å². The molecular weight excluding hydrogens is 432 g/mol. The molecule has 1 aromatic rings. The smallest absolute Gasteiger partial charge is 0.329 e. The molecule has 5 aliphatic rings. The van der Waals surface area contributed by atoms with Crippen LogP contribution < -0.4 is 14.4 Å². The van der Waals surface area contributed by atoms with E-state index >= 15 is 0 Å². The van der Waals surface area contributed by atoms with Crippen LogP contribution >= 0.6 is 0 Å².